The zero-order valence-corrected chi connectivity index (χ0v) is 13.5. The Balaban J connectivity index is 1.89. The fourth-order valence-corrected chi connectivity index (χ4v) is 3.21. The molecule has 20 heavy (non-hydrogen) atoms. The lowest BCUT2D eigenvalue weighted by Crippen LogP contribution is -2.19. The number of pyridine rings is 1. The number of fused-ring (bicyclic) bond motifs is 1. The summed E-state index contributed by atoms with van der Waals surface area (Å²) in [4.78, 5) is 4.59. The summed E-state index contributed by atoms with van der Waals surface area (Å²) in [7, 11) is 0. The Bertz CT molecular complexity index is 614. The fraction of sp³-hybridized carbons (Fsp3) is 0.353. The van der Waals surface area contributed by atoms with Crippen molar-refractivity contribution in [1.82, 2.24) is 4.98 Å². The van der Waals surface area contributed by atoms with Crippen LogP contribution in [0.5, 0.6) is 0 Å². The molecule has 0 fully saturated rings. The van der Waals surface area contributed by atoms with Crippen molar-refractivity contribution in [3.63, 3.8) is 0 Å². The highest BCUT2D eigenvalue weighted by Gasteiger charge is 2.21. The molecular formula is C17H19BrN2. The van der Waals surface area contributed by atoms with Gasteiger partial charge in [0.2, 0.25) is 0 Å². The summed E-state index contributed by atoms with van der Waals surface area (Å²) in [6.45, 7) is 4.27. The van der Waals surface area contributed by atoms with E-state index < -0.39 is 0 Å². The lowest BCUT2D eigenvalue weighted by molar-refractivity contribution is 0.583. The Hall–Kier alpha value is -1.35. The number of halogens is 1. The van der Waals surface area contributed by atoms with Gasteiger partial charge in [-0.3, -0.25) is 4.98 Å². The van der Waals surface area contributed by atoms with Crippen LogP contribution in [0.15, 0.2) is 34.9 Å². The molecule has 0 saturated heterocycles. The maximum absolute atomic E-state index is 4.59. The van der Waals surface area contributed by atoms with Crippen molar-refractivity contribution in [2.75, 3.05) is 5.32 Å². The van der Waals surface area contributed by atoms with Crippen molar-refractivity contribution in [1.29, 1.82) is 0 Å². The summed E-state index contributed by atoms with van der Waals surface area (Å²) in [5, 5.41) is 3.66. The van der Waals surface area contributed by atoms with Gasteiger partial charge in [-0.15, -0.1) is 0 Å². The van der Waals surface area contributed by atoms with Gasteiger partial charge < -0.3 is 5.32 Å². The van der Waals surface area contributed by atoms with Crippen LogP contribution in [0.3, 0.4) is 0 Å². The molecule has 1 N–H and O–H groups in total. The van der Waals surface area contributed by atoms with E-state index in [1.807, 2.05) is 12.3 Å². The molecule has 0 radical (unpaired) electrons. The fourth-order valence-electron chi connectivity index (χ4n) is 2.98. The first-order valence-corrected chi connectivity index (χ1v) is 7.91. The molecule has 0 aliphatic heterocycles. The normalized spacial score (nSPS) is 17.6. The molecule has 0 spiro atoms. The Morgan fingerprint density at radius 1 is 1.25 bits per heavy atom. The van der Waals surface area contributed by atoms with Gasteiger partial charge in [0.05, 0.1) is 11.7 Å². The number of aryl methyl sites for hydroxylation is 3. The van der Waals surface area contributed by atoms with Gasteiger partial charge >= 0.3 is 0 Å². The minimum atomic E-state index is 0.333. The van der Waals surface area contributed by atoms with Crippen LogP contribution >= 0.6 is 15.9 Å². The van der Waals surface area contributed by atoms with Crippen LogP contribution in [0.25, 0.3) is 0 Å². The summed E-state index contributed by atoms with van der Waals surface area (Å²) in [6, 6.07) is 8.98. The molecule has 2 nitrogen and oxygen atoms in total. The third-order valence-corrected chi connectivity index (χ3v) is 5.22. The van der Waals surface area contributed by atoms with Crippen LogP contribution < -0.4 is 5.32 Å². The number of nitrogens with zero attached hydrogens (tertiary/aromatic N) is 1. The van der Waals surface area contributed by atoms with E-state index in [1.54, 1.807) is 0 Å². The van der Waals surface area contributed by atoms with Crippen molar-refractivity contribution in [2.24, 2.45) is 0 Å². The minimum absolute atomic E-state index is 0.333. The first-order valence-electron chi connectivity index (χ1n) is 7.12. The summed E-state index contributed by atoms with van der Waals surface area (Å²) in [6.07, 6.45) is 5.43. The number of rotatable bonds is 2. The largest absolute Gasteiger partial charge is 0.377 e. The average Bonchev–Trinajstić information content (AvgIpc) is 2.45. The SMILES string of the molecule is Cc1cc(NC2CCCc3cccnc32)cc(C)c1Br. The first-order chi connectivity index (χ1) is 9.65. The van der Waals surface area contributed by atoms with E-state index in [-0.39, 0.29) is 0 Å². The Morgan fingerprint density at radius 3 is 2.75 bits per heavy atom. The van der Waals surface area contributed by atoms with Crippen molar-refractivity contribution in [3.8, 4) is 0 Å². The standard InChI is InChI=1S/C17H19BrN2/c1-11-9-14(10-12(2)16(11)18)20-15-7-3-5-13-6-4-8-19-17(13)15/h4,6,8-10,15,20H,3,5,7H2,1-2H3. The van der Waals surface area contributed by atoms with E-state index in [4.69, 9.17) is 0 Å². The second-order valence-electron chi connectivity index (χ2n) is 5.56. The van der Waals surface area contributed by atoms with Crippen LogP contribution in [0.4, 0.5) is 5.69 Å². The van der Waals surface area contributed by atoms with Gasteiger partial charge in [0, 0.05) is 16.4 Å². The Labute approximate surface area is 128 Å². The number of hydrogen-bond donors (Lipinski definition) is 1. The van der Waals surface area contributed by atoms with Crippen LogP contribution in [-0.4, -0.2) is 4.98 Å². The van der Waals surface area contributed by atoms with Gasteiger partial charge in [-0.1, -0.05) is 22.0 Å². The smallest absolute Gasteiger partial charge is 0.0688 e. The van der Waals surface area contributed by atoms with Crippen LogP contribution in [0.1, 0.15) is 41.3 Å². The van der Waals surface area contributed by atoms with E-state index in [2.05, 4.69) is 58.3 Å². The molecule has 1 aliphatic carbocycles. The van der Waals surface area contributed by atoms with Crippen molar-refractivity contribution >= 4 is 21.6 Å². The van der Waals surface area contributed by atoms with Crippen LogP contribution in [0.2, 0.25) is 0 Å². The predicted molar refractivity (Wildman–Crippen MR) is 87.2 cm³/mol. The zero-order chi connectivity index (χ0) is 14.1. The lowest BCUT2D eigenvalue weighted by atomic mass is 9.91. The van der Waals surface area contributed by atoms with E-state index in [0.29, 0.717) is 6.04 Å². The third-order valence-electron chi connectivity index (χ3n) is 3.97. The highest BCUT2D eigenvalue weighted by molar-refractivity contribution is 9.10. The molecule has 1 unspecified atom stereocenters. The van der Waals surface area contributed by atoms with Crippen molar-refractivity contribution in [3.05, 3.63) is 57.3 Å². The van der Waals surface area contributed by atoms with E-state index in [1.165, 1.54) is 39.0 Å². The molecule has 1 atom stereocenters. The Morgan fingerprint density at radius 2 is 2.00 bits per heavy atom. The van der Waals surface area contributed by atoms with Gasteiger partial charge in [-0.2, -0.15) is 0 Å². The van der Waals surface area contributed by atoms with Crippen molar-refractivity contribution in [2.45, 2.75) is 39.2 Å². The number of benzene rings is 1. The molecule has 1 aromatic heterocycles. The third kappa shape index (κ3) is 2.59. The molecule has 0 bridgehead atoms. The molecular weight excluding hydrogens is 312 g/mol. The average molecular weight is 331 g/mol. The van der Waals surface area contributed by atoms with Crippen LogP contribution in [-0.2, 0) is 6.42 Å². The summed E-state index contributed by atoms with van der Waals surface area (Å²) in [5.41, 5.74) is 6.33. The maximum Gasteiger partial charge on any atom is 0.0688 e. The molecule has 104 valence electrons. The topological polar surface area (TPSA) is 24.9 Å². The number of anilines is 1. The van der Waals surface area contributed by atoms with Gasteiger partial charge in [-0.25, -0.2) is 0 Å². The molecule has 0 saturated carbocycles. The minimum Gasteiger partial charge on any atom is -0.377 e. The van der Waals surface area contributed by atoms with Crippen LogP contribution in [0, 0.1) is 13.8 Å². The van der Waals surface area contributed by atoms with Gasteiger partial charge in [0.1, 0.15) is 0 Å². The van der Waals surface area contributed by atoms with Gasteiger partial charge in [0.15, 0.2) is 0 Å². The maximum atomic E-state index is 4.59. The molecule has 1 aliphatic rings. The molecule has 2 aromatic rings. The molecule has 1 heterocycles. The van der Waals surface area contributed by atoms with Crippen molar-refractivity contribution < 1.29 is 0 Å². The predicted octanol–water partition coefficient (Wildman–Crippen LogP) is 4.95. The Kier molecular flexibility index (Phi) is 3.79. The molecule has 0 amide bonds. The molecule has 1 aromatic carbocycles. The second kappa shape index (κ2) is 5.57. The number of nitrogens with one attached hydrogen (secondary N) is 1. The molecule has 3 heteroatoms. The highest BCUT2D eigenvalue weighted by Crippen LogP contribution is 2.32. The highest BCUT2D eigenvalue weighted by atomic mass is 79.9. The summed E-state index contributed by atoms with van der Waals surface area (Å²) in [5.74, 6) is 0. The quantitative estimate of drug-likeness (QED) is 0.842. The monoisotopic (exact) mass is 330 g/mol. The zero-order valence-electron chi connectivity index (χ0n) is 11.9. The van der Waals surface area contributed by atoms with Gasteiger partial charge in [-0.05, 0) is 68.0 Å². The van der Waals surface area contributed by atoms with E-state index in [9.17, 15) is 0 Å². The molecule has 3 rings (SSSR count). The van der Waals surface area contributed by atoms with E-state index in [0.717, 1.165) is 12.8 Å². The summed E-state index contributed by atoms with van der Waals surface area (Å²) < 4.78 is 1.20. The number of aromatic nitrogens is 1. The van der Waals surface area contributed by atoms with Gasteiger partial charge in [0.25, 0.3) is 0 Å². The second-order valence-corrected chi connectivity index (χ2v) is 6.35. The lowest BCUT2D eigenvalue weighted by Gasteiger charge is -2.26. The first kappa shape index (κ1) is 13.6. The van der Waals surface area contributed by atoms with E-state index >= 15 is 0 Å². The summed E-state index contributed by atoms with van der Waals surface area (Å²) >= 11 is 3.62. The number of hydrogen-bond acceptors (Lipinski definition) is 2.